The molecule has 0 amide bonds. The lowest BCUT2D eigenvalue weighted by Crippen LogP contribution is -1.99. The van der Waals surface area contributed by atoms with Crippen LogP contribution in [0.3, 0.4) is 0 Å². The number of hydrogen-bond donors (Lipinski definition) is 2. The maximum absolute atomic E-state index is 9.21. The van der Waals surface area contributed by atoms with Crippen LogP contribution in [0.1, 0.15) is 12.5 Å². The number of benzene rings is 2. The number of halogens is 1. The highest BCUT2D eigenvalue weighted by Gasteiger charge is 1.99. The zero-order valence-corrected chi connectivity index (χ0v) is 10.6. The Hall–Kier alpha value is -2.00. The molecule has 18 heavy (non-hydrogen) atoms. The minimum absolute atomic E-state index is 0.241. The third-order valence-corrected chi connectivity index (χ3v) is 2.83. The Morgan fingerprint density at radius 1 is 1.11 bits per heavy atom. The van der Waals surface area contributed by atoms with Gasteiger partial charge >= 0.3 is 0 Å². The second-order valence-corrected chi connectivity index (χ2v) is 4.24. The number of phenols is 1. The summed E-state index contributed by atoms with van der Waals surface area (Å²) >= 11 is 6.01. The lowest BCUT2D eigenvalue weighted by molar-refractivity contribution is 0.475. The molecular weight excluding hydrogens is 248 g/mol. The van der Waals surface area contributed by atoms with Gasteiger partial charge in [0.05, 0.1) is 16.4 Å². The Balaban J connectivity index is 2.14. The molecule has 0 aliphatic carbocycles. The molecule has 0 radical (unpaired) electrons. The molecule has 2 N–H and O–H groups in total. The summed E-state index contributed by atoms with van der Waals surface area (Å²) < 4.78 is 0. The molecule has 3 nitrogen and oxygen atoms in total. The molecule has 92 valence electrons. The van der Waals surface area contributed by atoms with Crippen molar-refractivity contribution in [1.29, 1.82) is 0 Å². The van der Waals surface area contributed by atoms with E-state index in [4.69, 9.17) is 11.6 Å². The Morgan fingerprint density at radius 3 is 2.44 bits per heavy atom. The molecule has 0 atom stereocenters. The second kappa shape index (κ2) is 5.56. The van der Waals surface area contributed by atoms with Gasteiger partial charge in [-0.15, -0.1) is 0 Å². The van der Waals surface area contributed by atoms with E-state index in [9.17, 15) is 5.11 Å². The van der Waals surface area contributed by atoms with E-state index in [1.54, 1.807) is 18.2 Å². The van der Waals surface area contributed by atoms with E-state index >= 15 is 0 Å². The van der Waals surface area contributed by atoms with Crippen LogP contribution < -0.4 is 5.43 Å². The van der Waals surface area contributed by atoms with Crippen molar-refractivity contribution in [2.75, 3.05) is 5.43 Å². The number of rotatable bonds is 3. The van der Waals surface area contributed by atoms with E-state index in [0.29, 0.717) is 5.02 Å². The van der Waals surface area contributed by atoms with E-state index in [2.05, 4.69) is 10.5 Å². The number of hydrazone groups is 1. The molecule has 0 spiro atoms. The fourth-order valence-electron chi connectivity index (χ4n) is 1.46. The molecule has 0 aliphatic rings. The Bertz CT molecular complexity index is 564. The Morgan fingerprint density at radius 2 is 1.78 bits per heavy atom. The number of nitrogens with one attached hydrogen (secondary N) is 1. The zero-order valence-electron chi connectivity index (χ0n) is 9.89. The van der Waals surface area contributed by atoms with Crippen LogP contribution in [0.2, 0.25) is 5.02 Å². The van der Waals surface area contributed by atoms with Crippen LogP contribution in [-0.4, -0.2) is 10.8 Å². The van der Waals surface area contributed by atoms with Crippen LogP contribution in [0.15, 0.2) is 53.6 Å². The molecule has 0 unspecified atom stereocenters. The van der Waals surface area contributed by atoms with Gasteiger partial charge in [0, 0.05) is 0 Å². The number of phenolic OH excluding ortho intramolecular Hbond substituents is 1. The van der Waals surface area contributed by atoms with Crippen LogP contribution in [0, 0.1) is 0 Å². The summed E-state index contributed by atoms with van der Waals surface area (Å²) in [6.45, 7) is 1.89. The van der Waals surface area contributed by atoms with E-state index in [-0.39, 0.29) is 5.75 Å². The van der Waals surface area contributed by atoms with Gasteiger partial charge in [0.25, 0.3) is 0 Å². The fraction of sp³-hybridized carbons (Fsp3) is 0.0714. The molecule has 4 heteroatoms. The van der Waals surface area contributed by atoms with Crippen molar-refractivity contribution in [3.05, 3.63) is 59.1 Å². The van der Waals surface area contributed by atoms with Crippen LogP contribution in [-0.2, 0) is 0 Å². The van der Waals surface area contributed by atoms with Crippen molar-refractivity contribution in [3.63, 3.8) is 0 Å². The summed E-state index contributed by atoms with van der Waals surface area (Å²) in [4.78, 5) is 0. The molecule has 0 aromatic heterocycles. The maximum Gasteiger partial charge on any atom is 0.115 e. The molecule has 0 aliphatic heterocycles. The predicted octanol–water partition coefficient (Wildman–Crippen LogP) is 3.88. The first kappa shape index (κ1) is 12.5. The molecule has 0 saturated heterocycles. The smallest absolute Gasteiger partial charge is 0.115 e. The number of aromatic hydroxyl groups is 1. The van der Waals surface area contributed by atoms with Crippen molar-refractivity contribution in [1.82, 2.24) is 0 Å². The van der Waals surface area contributed by atoms with Crippen LogP contribution in [0.4, 0.5) is 5.69 Å². The molecule has 0 heterocycles. The van der Waals surface area contributed by atoms with Crippen LogP contribution in [0.5, 0.6) is 5.75 Å². The average molecular weight is 261 g/mol. The normalized spacial score (nSPS) is 11.3. The minimum Gasteiger partial charge on any atom is -0.508 e. The zero-order chi connectivity index (χ0) is 13.0. The number of anilines is 1. The highest BCUT2D eigenvalue weighted by Crippen LogP contribution is 2.20. The van der Waals surface area contributed by atoms with Crippen LogP contribution in [0.25, 0.3) is 0 Å². The first-order valence-electron chi connectivity index (χ1n) is 5.51. The van der Waals surface area contributed by atoms with E-state index < -0.39 is 0 Å². The first-order chi connectivity index (χ1) is 8.66. The Labute approximate surface area is 111 Å². The summed E-state index contributed by atoms with van der Waals surface area (Å²) in [5.74, 6) is 0.241. The van der Waals surface area contributed by atoms with Crippen molar-refractivity contribution < 1.29 is 5.11 Å². The molecule has 0 fully saturated rings. The Kier molecular flexibility index (Phi) is 3.85. The largest absolute Gasteiger partial charge is 0.508 e. The average Bonchev–Trinajstić information content (AvgIpc) is 2.38. The summed E-state index contributed by atoms with van der Waals surface area (Å²) in [5, 5.41) is 14.1. The van der Waals surface area contributed by atoms with Gasteiger partial charge in [0.2, 0.25) is 0 Å². The summed E-state index contributed by atoms with van der Waals surface area (Å²) in [6.07, 6.45) is 0. The van der Waals surface area contributed by atoms with Gasteiger partial charge in [-0.2, -0.15) is 5.10 Å². The highest BCUT2D eigenvalue weighted by molar-refractivity contribution is 6.33. The molecule has 0 saturated carbocycles. The van der Waals surface area contributed by atoms with E-state index in [1.807, 2.05) is 37.3 Å². The van der Waals surface area contributed by atoms with Crippen molar-refractivity contribution in [2.45, 2.75) is 6.92 Å². The minimum atomic E-state index is 0.241. The summed E-state index contributed by atoms with van der Waals surface area (Å²) in [7, 11) is 0. The van der Waals surface area contributed by atoms with Gasteiger partial charge in [-0.3, -0.25) is 5.43 Å². The number of hydrogen-bond acceptors (Lipinski definition) is 3. The molecule has 2 aromatic rings. The van der Waals surface area contributed by atoms with Crippen LogP contribution >= 0.6 is 11.6 Å². The SMILES string of the molecule is C/C(=N\Nc1ccccc1Cl)c1ccc(O)cc1. The lowest BCUT2D eigenvalue weighted by Gasteiger charge is -2.05. The third kappa shape index (κ3) is 3.02. The molecule has 2 aromatic carbocycles. The van der Waals surface area contributed by atoms with Gasteiger partial charge in [0.1, 0.15) is 5.75 Å². The fourth-order valence-corrected chi connectivity index (χ4v) is 1.64. The second-order valence-electron chi connectivity index (χ2n) is 3.84. The van der Waals surface area contributed by atoms with Crippen molar-refractivity contribution in [2.24, 2.45) is 5.10 Å². The third-order valence-electron chi connectivity index (χ3n) is 2.50. The summed E-state index contributed by atoms with van der Waals surface area (Å²) in [5.41, 5.74) is 5.43. The standard InChI is InChI=1S/C14H13ClN2O/c1-10(11-6-8-12(18)9-7-11)16-17-14-5-3-2-4-13(14)15/h2-9,17-18H,1H3/b16-10+. The maximum atomic E-state index is 9.21. The quantitative estimate of drug-likeness (QED) is 0.650. The van der Waals surface area contributed by atoms with Gasteiger partial charge < -0.3 is 5.11 Å². The number of para-hydroxylation sites is 1. The van der Waals surface area contributed by atoms with Gasteiger partial charge in [-0.1, -0.05) is 23.7 Å². The van der Waals surface area contributed by atoms with E-state index in [1.165, 1.54) is 0 Å². The highest BCUT2D eigenvalue weighted by atomic mass is 35.5. The summed E-state index contributed by atoms with van der Waals surface area (Å²) in [6, 6.07) is 14.3. The van der Waals surface area contributed by atoms with Gasteiger partial charge in [-0.05, 0) is 48.9 Å². The monoisotopic (exact) mass is 260 g/mol. The lowest BCUT2D eigenvalue weighted by atomic mass is 10.1. The van der Waals surface area contributed by atoms with Crippen molar-refractivity contribution in [3.8, 4) is 5.75 Å². The molecule has 0 bridgehead atoms. The number of nitrogens with zero attached hydrogens (tertiary/aromatic N) is 1. The molecule has 2 rings (SSSR count). The van der Waals surface area contributed by atoms with E-state index in [0.717, 1.165) is 17.0 Å². The van der Waals surface area contributed by atoms with Gasteiger partial charge in [-0.25, -0.2) is 0 Å². The van der Waals surface area contributed by atoms with Crippen molar-refractivity contribution >= 4 is 23.0 Å². The predicted molar refractivity (Wildman–Crippen MR) is 75.4 cm³/mol. The van der Waals surface area contributed by atoms with Gasteiger partial charge in [0.15, 0.2) is 0 Å². The molecular formula is C14H13ClN2O. The topological polar surface area (TPSA) is 44.6 Å². The first-order valence-corrected chi connectivity index (χ1v) is 5.89.